The largest absolute Gasteiger partial charge is 0.467 e. The van der Waals surface area contributed by atoms with E-state index in [0.29, 0.717) is 0 Å². The zero-order chi connectivity index (χ0) is 23.0. The second kappa shape index (κ2) is 7.91. The van der Waals surface area contributed by atoms with Crippen LogP contribution < -0.4 is 0 Å². The molecule has 0 saturated heterocycles. The van der Waals surface area contributed by atoms with Crippen molar-refractivity contribution in [2.75, 3.05) is 14.2 Å². The molecule has 0 fully saturated rings. The number of hydrogen-bond acceptors (Lipinski definition) is 6. The van der Waals surface area contributed by atoms with Crippen molar-refractivity contribution in [3.63, 3.8) is 0 Å². The molecule has 0 saturated carbocycles. The molecule has 0 aromatic carbocycles. The fraction of sp³-hybridized carbons (Fsp3) is 0.800. The Hall–Kier alpha value is -1.20. The van der Waals surface area contributed by atoms with Crippen molar-refractivity contribution in [3.8, 4) is 0 Å². The second-order valence-electron chi connectivity index (χ2n) is 4.50. The van der Waals surface area contributed by atoms with Crippen molar-refractivity contribution in [1.29, 1.82) is 0 Å². The first-order valence-corrected chi connectivity index (χ1v) is 8.13. The summed E-state index contributed by atoms with van der Waals surface area (Å²) in [6.45, 7) is 0. The van der Waals surface area contributed by atoms with Crippen molar-refractivity contribution in [2.45, 2.75) is 34.2 Å². The molecule has 0 heterocycles. The number of methoxy groups -OCH3 is 2. The molecule has 0 radical (unpaired) electrons. The van der Waals surface area contributed by atoms with Crippen LogP contribution in [0.4, 0.5) is 52.7 Å². The fourth-order valence-corrected chi connectivity index (χ4v) is 4.68. The lowest BCUT2D eigenvalue weighted by Crippen LogP contribution is -2.63. The summed E-state index contributed by atoms with van der Waals surface area (Å²) in [7, 11) is -4.48. The molecule has 4 nitrogen and oxygen atoms in total. The lowest BCUT2D eigenvalue weighted by atomic mass is 10.1. The summed E-state index contributed by atoms with van der Waals surface area (Å²) in [5.74, 6) is -6.51. The van der Waals surface area contributed by atoms with Gasteiger partial charge >= 0.3 is 46.1 Å². The summed E-state index contributed by atoms with van der Waals surface area (Å²) in [6, 6.07) is 0. The van der Waals surface area contributed by atoms with Gasteiger partial charge in [0.05, 0.1) is 14.2 Å². The molecule has 0 atom stereocenters. The first-order chi connectivity index (χ1) is 12.2. The highest BCUT2D eigenvalue weighted by molar-refractivity contribution is 8.78. The van der Waals surface area contributed by atoms with Gasteiger partial charge in [0.2, 0.25) is 0 Å². The van der Waals surface area contributed by atoms with Gasteiger partial charge in [0.15, 0.2) is 0 Å². The fourth-order valence-electron chi connectivity index (χ4n) is 1.45. The van der Waals surface area contributed by atoms with Crippen molar-refractivity contribution in [3.05, 3.63) is 0 Å². The molecule has 0 aliphatic rings. The molecule has 0 rings (SSSR count). The van der Waals surface area contributed by atoms with Crippen molar-refractivity contribution in [2.24, 2.45) is 0 Å². The standard InChI is InChI=1S/C10H6F12O4S2/c1-25-3(23)5(7(11,12)13,8(14,15)16)27-28-6(4(24)26-2,9(17,18)19)10(20,21)22/h1-2H3. The smallest absolute Gasteiger partial charge is 0.423 e. The third kappa shape index (κ3) is 4.20. The predicted molar refractivity (Wildman–Crippen MR) is 68.9 cm³/mol. The van der Waals surface area contributed by atoms with E-state index in [1.54, 1.807) is 0 Å². The van der Waals surface area contributed by atoms with E-state index in [4.69, 9.17) is 0 Å². The van der Waals surface area contributed by atoms with Crippen LogP contribution in [0.15, 0.2) is 0 Å². The molecule has 0 aromatic rings. The van der Waals surface area contributed by atoms with Gasteiger partial charge < -0.3 is 9.47 Å². The highest BCUT2D eigenvalue weighted by atomic mass is 33.1. The molecule has 0 aromatic heterocycles. The molecule has 18 heteroatoms. The van der Waals surface area contributed by atoms with Gasteiger partial charge in [-0.3, -0.25) is 0 Å². The van der Waals surface area contributed by atoms with E-state index in [2.05, 4.69) is 9.47 Å². The number of ether oxygens (including phenoxy) is 2. The van der Waals surface area contributed by atoms with Gasteiger partial charge in [-0.15, -0.1) is 0 Å². The third-order valence-electron chi connectivity index (χ3n) is 2.83. The van der Waals surface area contributed by atoms with Crippen LogP contribution in [-0.4, -0.2) is 60.4 Å². The molecular formula is C10H6F12O4S2. The van der Waals surface area contributed by atoms with Crippen LogP contribution in [0.1, 0.15) is 0 Å². The molecule has 0 aliphatic heterocycles. The number of rotatable bonds is 5. The average molecular weight is 482 g/mol. The molecule has 0 aliphatic carbocycles. The van der Waals surface area contributed by atoms with Gasteiger partial charge in [-0.2, -0.15) is 52.7 Å². The number of carbonyl (C=O) groups is 2. The summed E-state index contributed by atoms with van der Waals surface area (Å²) in [4.78, 5) is 22.4. The van der Waals surface area contributed by atoms with Crippen LogP contribution in [0.2, 0.25) is 0 Å². The number of esters is 2. The summed E-state index contributed by atoms with van der Waals surface area (Å²) in [5, 5.41) is 0. The summed E-state index contributed by atoms with van der Waals surface area (Å²) < 4.78 is 151. The molecular weight excluding hydrogens is 476 g/mol. The maximum absolute atomic E-state index is 13.0. The molecule has 0 unspecified atom stereocenters. The maximum Gasteiger partial charge on any atom is 0.423 e. The summed E-state index contributed by atoms with van der Waals surface area (Å²) in [6.07, 6.45) is -27.1. The molecule has 0 spiro atoms. The Balaban J connectivity index is 6.78. The zero-order valence-corrected chi connectivity index (χ0v) is 14.6. The molecule has 0 bridgehead atoms. The molecule has 28 heavy (non-hydrogen) atoms. The monoisotopic (exact) mass is 482 g/mol. The van der Waals surface area contributed by atoms with Crippen molar-refractivity contribution in [1.82, 2.24) is 0 Å². The molecule has 0 N–H and O–H groups in total. The van der Waals surface area contributed by atoms with E-state index in [1.165, 1.54) is 0 Å². The van der Waals surface area contributed by atoms with E-state index in [9.17, 15) is 62.3 Å². The van der Waals surface area contributed by atoms with Crippen LogP contribution >= 0.6 is 21.6 Å². The highest BCUT2D eigenvalue weighted by Crippen LogP contribution is 2.64. The third-order valence-corrected chi connectivity index (χ3v) is 6.43. The van der Waals surface area contributed by atoms with Gasteiger partial charge in [0.25, 0.3) is 0 Å². The van der Waals surface area contributed by atoms with Gasteiger partial charge in [-0.25, -0.2) is 9.59 Å². The minimum Gasteiger partial charge on any atom is -0.467 e. The van der Waals surface area contributed by atoms with E-state index in [1.807, 2.05) is 0 Å². The lowest BCUT2D eigenvalue weighted by molar-refractivity contribution is -0.267. The van der Waals surface area contributed by atoms with Crippen LogP contribution in [0.3, 0.4) is 0 Å². The van der Waals surface area contributed by atoms with Crippen molar-refractivity contribution < 1.29 is 71.7 Å². The number of carbonyl (C=O) groups excluding carboxylic acids is 2. The van der Waals surface area contributed by atoms with Crippen LogP contribution in [-0.2, 0) is 19.1 Å². The Bertz CT molecular complexity index is 511. The molecule has 0 amide bonds. The van der Waals surface area contributed by atoms with E-state index >= 15 is 0 Å². The quantitative estimate of drug-likeness (QED) is 0.328. The van der Waals surface area contributed by atoms with E-state index in [-0.39, 0.29) is 14.2 Å². The minimum atomic E-state index is -6.77. The number of alkyl halides is 12. The average Bonchev–Trinajstić information content (AvgIpc) is 2.44. The predicted octanol–water partition coefficient (Wildman–Crippen LogP) is 4.44. The lowest BCUT2D eigenvalue weighted by Gasteiger charge is -2.38. The number of hydrogen-bond donors (Lipinski definition) is 0. The summed E-state index contributed by atoms with van der Waals surface area (Å²) in [5.41, 5.74) is 0. The van der Waals surface area contributed by atoms with Crippen LogP contribution in [0.5, 0.6) is 0 Å². The minimum absolute atomic E-state index is 0.0130. The maximum atomic E-state index is 13.0. The van der Waals surface area contributed by atoms with E-state index in [0.717, 1.165) is 0 Å². The van der Waals surface area contributed by atoms with Gasteiger partial charge in [-0.1, -0.05) is 21.6 Å². The summed E-state index contributed by atoms with van der Waals surface area (Å²) >= 11 is 0. The SMILES string of the molecule is COC(=O)C(SSC(C(=O)OC)(C(F)(F)F)C(F)(F)F)(C(F)(F)F)C(F)(F)F. The van der Waals surface area contributed by atoms with Crippen molar-refractivity contribution >= 4 is 33.5 Å². The Morgan fingerprint density at radius 3 is 0.821 bits per heavy atom. The Kier molecular flexibility index (Phi) is 7.57. The number of halogens is 12. The van der Waals surface area contributed by atoms with E-state index < -0.39 is 67.7 Å². The Morgan fingerprint density at radius 1 is 0.536 bits per heavy atom. The topological polar surface area (TPSA) is 52.6 Å². The Labute approximate surface area is 154 Å². The second-order valence-corrected chi connectivity index (χ2v) is 7.06. The van der Waals surface area contributed by atoms with Gasteiger partial charge in [0, 0.05) is 0 Å². The normalized spacial score (nSPS) is 14.6. The highest BCUT2D eigenvalue weighted by Gasteiger charge is 2.82. The first kappa shape index (κ1) is 26.8. The van der Waals surface area contributed by atoms with Crippen LogP contribution in [0.25, 0.3) is 0 Å². The first-order valence-electron chi connectivity index (χ1n) is 5.98. The Morgan fingerprint density at radius 2 is 0.714 bits per heavy atom. The molecule has 166 valence electrons. The zero-order valence-electron chi connectivity index (χ0n) is 13.0. The van der Waals surface area contributed by atoms with Gasteiger partial charge in [0.1, 0.15) is 0 Å². The van der Waals surface area contributed by atoms with Crippen LogP contribution in [0, 0.1) is 0 Å². The van der Waals surface area contributed by atoms with Gasteiger partial charge in [-0.05, 0) is 0 Å².